The molecule has 10 nitrogen and oxygen atoms in total. The summed E-state index contributed by atoms with van der Waals surface area (Å²) in [6.45, 7) is 4.72. The van der Waals surface area contributed by atoms with Crippen molar-refractivity contribution in [3.8, 4) is 0 Å². The molecule has 0 bridgehead atoms. The van der Waals surface area contributed by atoms with E-state index in [1.165, 1.54) is 29.2 Å². The zero-order valence-electron chi connectivity index (χ0n) is 18.3. The molecule has 0 saturated carbocycles. The summed E-state index contributed by atoms with van der Waals surface area (Å²) in [4.78, 5) is 39.2. The second-order valence-electron chi connectivity index (χ2n) is 7.37. The minimum Gasteiger partial charge on any atom is -0.383 e. The molecule has 1 heterocycles. The highest BCUT2D eigenvalue weighted by Crippen LogP contribution is 2.16. The smallest absolute Gasteiger partial charge is 0.322 e. The lowest BCUT2D eigenvalue weighted by Gasteiger charge is -2.30. The fourth-order valence-corrected chi connectivity index (χ4v) is 2.95. The van der Waals surface area contributed by atoms with Crippen LogP contribution in [0.2, 0.25) is 0 Å². The van der Waals surface area contributed by atoms with Gasteiger partial charge in [-0.3, -0.25) is 14.9 Å². The Kier molecular flexibility index (Phi) is 8.56. The van der Waals surface area contributed by atoms with Crippen LogP contribution >= 0.6 is 0 Å². The number of benzene rings is 1. The van der Waals surface area contributed by atoms with Crippen molar-refractivity contribution in [3.63, 3.8) is 0 Å². The molecule has 1 aromatic carbocycles. The van der Waals surface area contributed by atoms with Gasteiger partial charge in [-0.25, -0.2) is 4.79 Å². The van der Waals surface area contributed by atoms with Gasteiger partial charge in [0.25, 0.3) is 5.69 Å². The van der Waals surface area contributed by atoms with Gasteiger partial charge < -0.3 is 24.4 Å². The molecule has 0 aliphatic heterocycles. The normalized spacial score (nSPS) is 10.7. The fourth-order valence-electron chi connectivity index (χ4n) is 2.95. The maximum atomic E-state index is 13.0. The van der Waals surface area contributed by atoms with E-state index in [9.17, 15) is 19.7 Å². The van der Waals surface area contributed by atoms with Crippen LogP contribution in [-0.2, 0) is 23.1 Å². The third-order valence-corrected chi connectivity index (χ3v) is 4.84. The van der Waals surface area contributed by atoms with E-state index in [1.54, 1.807) is 12.0 Å². The number of amides is 3. The van der Waals surface area contributed by atoms with Crippen molar-refractivity contribution in [2.75, 3.05) is 32.1 Å². The lowest BCUT2D eigenvalue weighted by atomic mass is 10.2. The van der Waals surface area contributed by atoms with E-state index >= 15 is 0 Å². The second-order valence-corrected chi connectivity index (χ2v) is 7.37. The Hall–Kier alpha value is -3.40. The van der Waals surface area contributed by atoms with Crippen molar-refractivity contribution in [3.05, 3.63) is 58.4 Å². The van der Waals surface area contributed by atoms with Gasteiger partial charge in [0.1, 0.15) is 6.54 Å². The monoisotopic (exact) mass is 431 g/mol. The SMILES string of the molecule is COCCN(Cc1cccn1C)C(=O)CN(C(=O)Nc1ccc([N+](=O)[O-])cc1)C(C)C. The third kappa shape index (κ3) is 6.82. The minimum absolute atomic E-state index is 0.0663. The van der Waals surface area contributed by atoms with Crippen LogP contribution in [0, 0.1) is 10.1 Å². The fraction of sp³-hybridized carbons (Fsp3) is 0.429. The number of hydrogen-bond acceptors (Lipinski definition) is 5. The summed E-state index contributed by atoms with van der Waals surface area (Å²) in [5, 5.41) is 13.5. The molecule has 0 spiro atoms. The lowest BCUT2D eigenvalue weighted by molar-refractivity contribution is -0.384. The Morgan fingerprint density at radius 3 is 2.42 bits per heavy atom. The van der Waals surface area contributed by atoms with Gasteiger partial charge in [0.2, 0.25) is 5.91 Å². The Morgan fingerprint density at radius 1 is 1.23 bits per heavy atom. The lowest BCUT2D eigenvalue weighted by Crippen LogP contribution is -2.48. The molecular formula is C21H29N5O5. The topological polar surface area (TPSA) is 110 Å². The highest BCUT2D eigenvalue weighted by molar-refractivity contribution is 5.92. The first-order valence-electron chi connectivity index (χ1n) is 9.92. The molecule has 3 amide bonds. The van der Waals surface area contributed by atoms with E-state index in [0.29, 0.717) is 25.4 Å². The largest absolute Gasteiger partial charge is 0.383 e. The molecule has 31 heavy (non-hydrogen) atoms. The molecule has 1 aromatic heterocycles. The molecule has 0 unspecified atom stereocenters. The summed E-state index contributed by atoms with van der Waals surface area (Å²) < 4.78 is 7.07. The number of carbonyl (C=O) groups is 2. The van der Waals surface area contributed by atoms with Crippen LogP contribution in [0.3, 0.4) is 0 Å². The van der Waals surface area contributed by atoms with E-state index in [0.717, 1.165) is 5.69 Å². The summed E-state index contributed by atoms with van der Waals surface area (Å²) in [6, 6.07) is 8.69. The number of hydrogen-bond donors (Lipinski definition) is 1. The Morgan fingerprint density at radius 2 is 1.90 bits per heavy atom. The van der Waals surface area contributed by atoms with Gasteiger partial charge in [-0.15, -0.1) is 0 Å². The van der Waals surface area contributed by atoms with Crippen molar-refractivity contribution in [2.45, 2.75) is 26.4 Å². The number of ether oxygens (including phenoxy) is 1. The summed E-state index contributed by atoms with van der Waals surface area (Å²) in [6.07, 6.45) is 1.91. The Balaban J connectivity index is 2.09. The maximum absolute atomic E-state index is 13.0. The first-order chi connectivity index (χ1) is 14.7. The van der Waals surface area contributed by atoms with Crippen molar-refractivity contribution in [1.29, 1.82) is 0 Å². The molecule has 2 aromatic rings. The quantitative estimate of drug-likeness (QED) is 0.459. The van der Waals surface area contributed by atoms with Gasteiger partial charge >= 0.3 is 6.03 Å². The molecule has 168 valence electrons. The minimum atomic E-state index is -0.508. The van der Waals surface area contributed by atoms with Crippen LogP contribution < -0.4 is 5.32 Å². The van der Waals surface area contributed by atoms with E-state index < -0.39 is 11.0 Å². The predicted octanol–water partition coefficient (Wildman–Crippen LogP) is 2.85. The average molecular weight is 431 g/mol. The first-order valence-corrected chi connectivity index (χ1v) is 9.92. The van der Waals surface area contributed by atoms with Gasteiger partial charge in [-0.2, -0.15) is 0 Å². The zero-order chi connectivity index (χ0) is 23.0. The molecular weight excluding hydrogens is 402 g/mol. The molecule has 0 aliphatic rings. The maximum Gasteiger partial charge on any atom is 0.322 e. The molecule has 0 radical (unpaired) electrons. The highest BCUT2D eigenvalue weighted by Gasteiger charge is 2.24. The molecule has 0 fully saturated rings. The van der Waals surface area contributed by atoms with Gasteiger partial charge in [-0.05, 0) is 38.1 Å². The number of nitro benzene ring substituents is 1. The Labute approximate surface area is 181 Å². The number of non-ortho nitro benzene ring substituents is 1. The molecule has 1 N–H and O–H groups in total. The zero-order valence-corrected chi connectivity index (χ0v) is 18.3. The standard InChI is InChI=1S/C21H29N5O5/c1-16(2)25(21(28)22-17-7-9-18(10-8-17)26(29)30)15-20(27)24(12-13-31-4)14-19-6-5-11-23(19)3/h5-11,16H,12-15H2,1-4H3,(H,22,28). The Bertz CT molecular complexity index is 894. The van der Waals surface area contributed by atoms with Crippen LogP contribution in [0.25, 0.3) is 0 Å². The highest BCUT2D eigenvalue weighted by atomic mass is 16.6. The number of nitrogens with zero attached hydrogens (tertiary/aromatic N) is 4. The van der Waals surface area contributed by atoms with Gasteiger partial charge in [0.15, 0.2) is 0 Å². The number of aromatic nitrogens is 1. The van der Waals surface area contributed by atoms with Crippen LogP contribution in [0.4, 0.5) is 16.2 Å². The predicted molar refractivity (Wildman–Crippen MR) is 117 cm³/mol. The average Bonchev–Trinajstić information content (AvgIpc) is 3.13. The van der Waals surface area contributed by atoms with Gasteiger partial charge in [-0.1, -0.05) is 0 Å². The van der Waals surface area contributed by atoms with Crippen molar-refractivity contribution in [1.82, 2.24) is 14.4 Å². The first kappa shape index (κ1) is 23.9. The van der Waals surface area contributed by atoms with E-state index in [1.807, 2.05) is 43.8 Å². The van der Waals surface area contributed by atoms with E-state index in [4.69, 9.17) is 4.74 Å². The summed E-state index contributed by atoms with van der Waals surface area (Å²) in [5.41, 5.74) is 1.31. The van der Waals surface area contributed by atoms with Crippen molar-refractivity contribution >= 4 is 23.3 Å². The van der Waals surface area contributed by atoms with Crippen LogP contribution in [0.1, 0.15) is 19.5 Å². The van der Waals surface area contributed by atoms with Crippen LogP contribution in [0.5, 0.6) is 0 Å². The molecule has 0 atom stereocenters. The third-order valence-electron chi connectivity index (χ3n) is 4.84. The van der Waals surface area contributed by atoms with Gasteiger partial charge in [0, 0.05) is 56.5 Å². The second kappa shape index (κ2) is 11.1. The van der Waals surface area contributed by atoms with Crippen LogP contribution in [-0.4, -0.2) is 64.1 Å². The molecule has 0 saturated heterocycles. The number of anilines is 1. The van der Waals surface area contributed by atoms with E-state index in [-0.39, 0.29) is 24.2 Å². The number of urea groups is 1. The van der Waals surface area contributed by atoms with Gasteiger partial charge in [0.05, 0.1) is 18.1 Å². The summed E-state index contributed by atoms with van der Waals surface area (Å²) in [7, 11) is 3.48. The molecule has 10 heteroatoms. The number of nitrogens with one attached hydrogen (secondary N) is 1. The van der Waals surface area contributed by atoms with Crippen LogP contribution in [0.15, 0.2) is 42.6 Å². The number of carbonyl (C=O) groups excluding carboxylic acids is 2. The molecule has 0 aliphatic carbocycles. The number of aryl methyl sites for hydroxylation is 1. The van der Waals surface area contributed by atoms with Crippen molar-refractivity contribution < 1.29 is 19.2 Å². The number of methoxy groups -OCH3 is 1. The number of nitro groups is 1. The van der Waals surface area contributed by atoms with E-state index in [2.05, 4.69) is 5.32 Å². The van der Waals surface area contributed by atoms with Crippen molar-refractivity contribution in [2.24, 2.45) is 7.05 Å². The summed E-state index contributed by atoms with van der Waals surface area (Å²) >= 11 is 0. The summed E-state index contributed by atoms with van der Waals surface area (Å²) in [5.74, 6) is -0.203. The molecule has 2 rings (SSSR count). The number of rotatable bonds is 10.